The van der Waals surface area contributed by atoms with Crippen molar-refractivity contribution in [2.24, 2.45) is 0 Å². The lowest BCUT2D eigenvalue weighted by Crippen LogP contribution is -2.60. The number of fused-ring (bicyclic) bond motifs is 1. The fraction of sp³-hybridized carbons (Fsp3) is 0.900. The van der Waals surface area contributed by atoms with Crippen LogP contribution >= 0.6 is 0 Å². The summed E-state index contributed by atoms with van der Waals surface area (Å²) in [6.07, 6.45) is 1.59. The van der Waals surface area contributed by atoms with E-state index in [0.717, 1.165) is 19.4 Å². The predicted octanol–water partition coefficient (Wildman–Crippen LogP) is 1.11. The third-order valence-electron chi connectivity index (χ3n) is 2.94. The van der Waals surface area contributed by atoms with Crippen molar-refractivity contribution in [3.8, 4) is 0 Å². The van der Waals surface area contributed by atoms with E-state index in [2.05, 4.69) is 0 Å². The first-order chi connectivity index (χ1) is 6.50. The Kier molecular flexibility index (Phi) is 2.08. The Labute approximate surface area is 84.1 Å². The largest absolute Gasteiger partial charge is 0.465 e. The molecule has 0 N–H and O–H groups in total. The zero-order valence-corrected chi connectivity index (χ0v) is 9.00. The second-order valence-electron chi connectivity index (χ2n) is 4.63. The van der Waals surface area contributed by atoms with E-state index >= 15 is 0 Å². The van der Waals surface area contributed by atoms with Gasteiger partial charge in [-0.05, 0) is 27.2 Å². The van der Waals surface area contributed by atoms with Crippen LogP contribution in [0.3, 0.4) is 0 Å². The Hall–Kier alpha value is -0.610. The fourth-order valence-corrected chi connectivity index (χ4v) is 2.36. The molecule has 0 aliphatic carbocycles. The van der Waals surface area contributed by atoms with Gasteiger partial charge in [0, 0.05) is 13.0 Å². The standard InChI is InChI=1S/C10H17NO3/c1-4-13-8(12)10-5-6-11(10)14-9(2,3)7-10/h4-7H2,1-3H3/t10-/m0/s1. The van der Waals surface area contributed by atoms with Gasteiger partial charge in [0.15, 0.2) is 0 Å². The Bertz CT molecular complexity index is 264. The molecule has 4 nitrogen and oxygen atoms in total. The van der Waals surface area contributed by atoms with E-state index in [1.54, 1.807) is 5.06 Å². The molecule has 0 radical (unpaired) electrons. The molecule has 0 amide bonds. The Balaban J connectivity index is 2.13. The summed E-state index contributed by atoms with van der Waals surface area (Å²) in [5.41, 5.74) is -0.706. The summed E-state index contributed by atoms with van der Waals surface area (Å²) in [6.45, 7) is 7.12. The van der Waals surface area contributed by atoms with E-state index in [4.69, 9.17) is 9.57 Å². The monoisotopic (exact) mass is 199 g/mol. The van der Waals surface area contributed by atoms with Crippen LogP contribution in [-0.4, -0.2) is 35.3 Å². The van der Waals surface area contributed by atoms with Crippen molar-refractivity contribution in [1.82, 2.24) is 5.06 Å². The van der Waals surface area contributed by atoms with Crippen LogP contribution in [0.4, 0.5) is 0 Å². The molecule has 4 heteroatoms. The molecule has 1 atom stereocenters. The van der Waals surface area contributed by atoms with Crippen LogP contribution in [0, 0.1) is 0 Å². The molecule has 2 aliphatic heterocycles. The summed E-state index contributed by atoms with van der Waals surface area (Å²) >= 11 is 0. The van der Waals surface area contributed by atoms with Crippen molar-refractivity contribution in [3.63, 3.8) is 0 Å². The normalized spacial score (nSPS) is 34.8. The average molecular weight is 199 g/mol. The van der Waals surface area contributed by atoms with Crippen molar-refractivity contribution < 1.29 is 14.4 Å². The second-order valence-corrected chi connectivity index (χ2v) is 4.63. The maximum atomic E-state index is 11.8. The molecule has 0 saturated carbocycles. The predicted molar refractivity (Wildman–Crippen MR) is 50.5 cm³/mol. The summed E-state index contributed by atoms with van der Waals surface area (Å²) in [5.74, 6) is -0.128. The van der Waals surface area contributed by atoms with E-state index in [1.807, 2.05) is 20.8 Å². The van der Waals surface area contributed by atoms with Crippen LogP contribution in [0.2, 0.25) is 0 Å². The van der Waals surface area contributed by atoms with Crippen LogP contribution in [0.25, 0.3) is 0 Å². The zero-order chi connectivity index (χ0) is 10.4. The van der Waals surface area contributed by atoms with Crippen molar-refractivity contribution in [2.45, 2.75) is 44.8 Å². The molecule has 2 rings (SSSR count). The minimum Gasteiger partial charge on any atom is -0.465 e. The molecule has 2 saturated heterocycles. The number of hydrogen-bond acceptors (Lipinski definition) is 4. The van der Waals surface area contributed by atoms with Gasteiger partial charge in [0.05, 0.1) is 12.2 Å². The summed E-state index contributed by atoms with van der Waals surface area (Å²) in [7, 11) is 0. The van der Waals surface area contributed by atoms with Gasteiger partial charge in [-0.2, -0.15) is 5.06 Å². The summed E-state index contributed by atoms with van der Waals surface area (Å²) in [5, 5.41) is 1.78. The number of carbonyl (C=O) groups is 1. The van der Waals surface area contributed by atoms with Crippen molar-refractivity contribution in [2.75, 3.05) is 13.2 Å². The van der Waals surface area contributed by atoms with Crippen LogP contribution in [0.15, 0.2) is 0 Å². The maximum Gasteiger partial charge on any atom is 0.329 e. The van der Waals surface area contributed by atoms with E-state index in [0.29, 0.717) is 6.61 Å². The SMILES string of the molecule is CCOC(=O)[C@@]12CCN1OC(C)(C)C2. The molecule has 0 unspecified atom stereocenters. The first kappa shape index (κ1) is 9.93. The summed E-state index contributed by atoms with van der Waals surface area (Å²) < 4.78 is 5.08. The number of rotatable bonds is 2. The lowest BCUT2D eigenvalue weighted by molar-refractivity contribution is -0.255. The molecular weight excluding hydrogens is 182 g/mol. The van der Waals surface area contributed by atoms with Crippen LogP contribution < -0.4 is 0 Å². The number of esters is 1. The molecule has 0 aromatic carbocycles. The van der Waals surface area contributed by atoms with Crippen molar-refractivity contribution in [3.05, 3.63) is 0 Å². The molecule has 0 bridgehead atoms. The third-order valence-corrected chi connectivity index (χ3v) is 2.94. The highest BCUT2D eigenvalue weighted by Gasteiger charge is 2.62. The molecule has 0 spiro atoms. The van der Waals surface area contributed by atoms with Gasteiger partial charge in [-0.1, -0.05) is 0 Å². The summed E-state index contributed by atoms with van der Waals surface area (Å²) in [6, 6.07) is 0. The molecule has 0 aromatic heterocycles. The third kappa shape index (κ3) is 1.25. The van der Waals surface area contributed by atoms with Gasteiger partial charge in [0.25, 0.3) is 0 Å². The number of hydrogen-bond donors (Lipinski definition) is 0. The fourth-order valence-electron chi connectivity index (χ4n) is 2.36. The number of ether oxygens (including phenoxy) is 1. The first-order valence-corrected chi connectivity index (χ1v) is 5.14. The van der Waals surface area contributed by atoms with Gasteiger partial charge < -0.3 is 4.74 Å². The highest BCUT2D eigenvalue weighted by atomic mass is 16.7. The molecule has 2 aliphatic rings. The Morgan fingerprint density at radius 1 is 1.57 bits per heavy atom. The quantitative estimate of drug-likeness (QED) is 0.624. The highest BCUT2D eigenvalue weighted by molar-refractivity contribution is 5.82. The van der Waals surface area contributed by atoms with Crippen LogP contribution in [0.1, 0.15) is 33.6 Å². The topological polar surface area (TPSA) is 38.8 Å². The average Bonchev–Trinajstić information content (AvgIpc) is 2.26. The molecule has 2 fully saturated rings. The molecule has 14 heavy (non-hydrogen) atoms. The van der Waals surface area contributed by atoms with Crippen LogP contribution in [0.5, 0.6) is 0 Å². The van der Waals surface area contributed by atoms with Crippen LogP contribution in [-0.2, 0) is 14.4 Å². The van der Waals surface area contributed by atoms with Gasteiger partial charge in [-0.25, -0.2) is 4.79 Å². The van der Waals surface area contributed by atoms with Crippen molar-refractivity contribution >= 4 is 5.97 Å². The highest BCUT2D eigenvalue weighted by Crippen LogP contribution is 2.47. The zero-order valence-electron chi connectivity index (χ0n) is 9.00. The maximum absolute atomic E-state index is 11.8. The molecule has 80 valence electrons. The Morgan fingerprint density at radius 3 is 2.71 bits per heavy atom. The minimum atomic E-state index is -0.473. The number of nitrogens with zero attached hydrogens (tertiary/aromatic N) is 1. The smallest absolute Gasteiger partial charge is 0.329 e. The second kappa shape index (κ2) is 2.94. The van der Waals surface area contributed by atoms with E-state index in [-0.39, 0.29) is 11.6 Å². The van der Waals surface area contributed by atoms with E-state index < -0.39 is 5.54 Å². The van der Waals surface area contributed by atoms with Gasteiger partial charge in [-0.15, -0.1) is 0 Å². The van der Waals surface area contributed by atoms with Gasteiger partial charge in [-0.3, -0.25) is 4.84 Å². The molecule has 0 aromatic rings. The van der Waals surface area contributed by atoms with Gasteiger partial charge in [0.2, 0.25) is 0 Å². The Morgan fingerprint density at radius 2 is 2.29 bits per heavy atom. The number of carbonyl (C=O) groups excluding carboxylic acids is 1. The lowest BCUT2D eigenvalue weighted by Gasteiger charge is -2.42. The van der Waals surface area contributed by atoms with Gasteiger partial charge >= 0.3 is 5.97 Å². The van der Waals surface area contributed by atoms with Crippen molar-refractivity contribution in [1.29, 1.82) is 0 Å². The van der Waals surface area contributed by atoms with Gasteiger partial charge in [0.1, 0.15) is 5.54 Å². The summed E-state index contributed by atoms with van der Waals surface area (Å²) in [4.78, 5) is 17.4. The molecular formula is C10H17NO3. The van der Waals surface area contributed by atoms with E-state index in [1.165, 1.54) is 0 Å². The first-order valence-electron chi connectivity index (χ1n) is 5.14. The lowest BCUT2D eigenvalue weighted by atomic mass is 9.80. The minimum absolute atomic E-state index is 0.128. The van der Waals surface area contributed by atoms with E-state index in [9.17, 15) is 4.79 Å². The molecule has 2 heterocycles. The number of hydroxylamine groups is 2.